The monoisotopic (exact) mass is 400 g/mol. The molecule has 1 aromatic heterocycles. The summed E-state index contributed by atoms with van der Waals surface area (Å²) in [5.74, 6) is 1.26. The van der Waals surface area contributed by atoms with E-state index in [1.165, 1.54) is 0 Å². The zero-order valence-corrected chi connectivity index (χ0v) is 14.0. The Labute approximate surface area is 136 Å². The maximum atomic E-state index is 9.79. The summed E-state index contributed by atoms with van der Waals surface area (Å²) in [4.78, 5) is 4.51. The third-order valence-electron chi connectivity index (χ3n) is 3.86. The molecule has 112 valence electrons. The fraction of sp³-hybridized carbons (Fsp3) is 0.467. The largest absolute Gasteiger partial charge is 0.507 e. The molecule has 0 unspecified atom stereocenters. The van der Waals surface area contributed by atoms with Crippen LogP contribution >= 0.6 is 22.6 Å². The summed E-state index contributed by atoms with van der Waals surface area (Å²) < 4.78 is 12.1. The Bertz CT molecular complexity index is 636. The lowest BCUT2D eigenvalue weighted by Gasteiger charge is -2.24. The van der Waals surface area contributed by atoms with Crippen molar-refractivity contribution < 1.29 is 14.4 Å². The van der Waals surface area contributed by atoms with E-state index < -0.39 is 5.60 Å². The van der Waals surface area contributed by atoms with Crippen LogP contribution in [-0.2, 0) is 10.3 Å². The molecule has 1 aliphatic carbocycles. The van der Waals surface area contributed by atoms with Gasteiger partial charge in [-0.25, -0.2) is 0 Å². The van der Waals surface area contributed by atoms with Gasteiger partial charge in [-0.2, -0.15) is 4.98 Å². The van der Waals surface area contributed by atoms with Crippen LogP contribution in [0.4, 0.5) is 0 Å². The van der Waals surface area contributed by atoms with Crippen molar-refractivity contribution in [2.45, 2.75) is 38.2 Å². The van der Waals surface area contributed by atoms with E-state index in [4.69, 9.17) is 9.26 Å². The number of nitrogens with zero attached hydrogens (tertiary/aromatic N) is 2. The van der Waals surface area contributed by atoms with Gasteiger partial charge < -0.3 is 14.4 Å². The van der Waals surface area contributed by atoms with Crippen LogP contribution in [0.3, 0.4) is 0 Å². The maximum Gasteiger partial charge on any atom is 0.258 e. The van der Waals surface area contributed by atoms with Crippen LogP contribution in [-0.4, -0.2) is 21.9 Å². The fourth-order valence-corrected chi connectivity index (χ4v) is 3.16. The summed E-state index contributed by atoms with van der Waals surface area (Å²) in [5.41, 5.74) is 0.318. The molecule has 0 aliphatic heterocycles. The third-order valence-corrected chi connectivity index (χ3v) is 4.77. The molecule has 0 radical (unpaired) electrons. The molecule has 2 aromatic rings. The number of ether oxygens (including phenoxy) is 1. The zero-order chi connectivity index (χ0) is 14.9. The predicted molar refractivity (Wildman–Crippen MR) is 85.9 cm³/mol. The molecule has 21 heavy (non-hydrogen) atoms. The van der Waals surface area contributed by atoms with Crippen LogP contribution in [0.2, 0.25) is 0 Å². The first-order chi connectivity index (χ1) is 10.1. The van der Waals surface area contributed by atoms with E-state index in [1.807, 2.05) is 19.1 Å². The summed E-state index contributed by atoms with van der Waals surface area (Å²) in [6, 6.07) is 5.32. The first kappa shape index (κ1) is 14.8. The fourth-order valence-electron chi connectivity index (χ4n) is 2.83. The second kappa shape index (κ2) is 5.92. The number of phenolic OH excluding ortho intramolecular Hbond substituents is 1. The number of aromatic nitrogens is 2. The number of aromatic hydroxyl groups is 1. The lowest BCUT2D eigenvalue weighted by Crippen LogP contribution is -2.27. The molecular formula is C15H17IN2O3. The topological polar surface area (TPSA) is 68.4 Å². The molecule has 5 nitrogen and oxygen atoms in total. The van der Waals surface area contributed by atoms with Crippen LogP contribution < -0.4 is 0 Å². The summed E-state index contributed by atoms with van der Waals surface area (Å²) >= 11 is 2.07. The molecule has 0 amide bonds. The Hall–Kier alpha value is -1.15. The minimum Gasteiger partial charge on any atom is -0.507 e. The van der Waals surface area contributed by atoms with Crippen LogP contribution in [0.15, 0.2) is 22.7 Å². The predicted octanol–water partition coefficient (Wildman–Crippen LogP) is 3.85. The maximum absolute atomic E-state index is 9.79. The number of hydrogen-bond donors (Lipinski definition) is 1. The molecule has 1 fully saturated rings. The Morgan fingerprint density at radius 3 is 2.81 bits per heavy atom. The van der Waals surface area contributed by atoms with Gasteiger partial charge >= 0.3 is 0 Å². The summed E-state index contributed by atoms with van der Waals surface area (Å²) in [5, 5.41) is 13.9. The zero-order valence-electron chi connectivity index (χ0n) is 11.8. The minimum absolute atomic E-state index is 0.216. The van der Waals surface area contributed by atoms with E-state index in [-0.39, 0.29) is 5.75 Å². The quantitative estimate of drug-likeness (QED) is 0.790. The van der Waals surface area contributed by atoms with Crippen molar-refractivity contribution in [3.63, 3.8) is 0 Å². The van der Waals surface area contributed by atoms with Gasteiger partial charge in [-0.15, -0.1) is 0 Å². The van der Waals surface area contributed by atoms with Crippen molar-refractivity contribution >= 4 is 22.6 Å². The van der Waals surface area contributed by atoms with Crippen LogP contribution in [0.1, 0.15) is 38.4 Å². The molecule has 1 N–H and O–H groups in total. The number of benzene rings is 1. The van der Waals surface area contributed by atoms with Crippen molar-refractivity contribution in [1.29, 1.82) is 0 Å². The minimum atomic E-state index is -0.401. The van der Waals surface area contributed by atoms with Gasteiger partial charge in [-0.1, -0.05) is 5.16 Å². The average Bonchev–Trinajstić information content (AvgIpc) is 3.12. The Kier molecular flexibility index (Phi) is 4.17. The highest BCUT2D eigenvalue weighted by Gasteiger charge is 2.40. The average molecular weight is 400 g/mol. The van der Waals surface area contributed by atoms with E-state index in [1.54, 1.807) is 6.07 Å². The van der Waals surface area contributed by atoms with Crippen molar-refractivity contribution in [3.05, 3.63) is 27.6 Å². The van der Waals surface area contributed by atoms with E-state index in [9.17, 15) is 5.11 Å². The lowest BCUT2D eigenvalue weighted by molar-refractivity contribution is -0.0469. The normalized spacial score (nSPS) is 17.2. The van der Waals surface area contributed by atoms with Crippen LogP contribution in [0, 0.1) is 3.57 Å². The number of rotatable bonds is 4. The molecule has 0 bridgehead atoms. The highest BCUT2D eigenvalue weighted by atomic mass is 127. The second-order valence-electron chi connectivity index (χ2n) is 5.22. The van der Waals surface area contributed by atoms with E-state index in [0.717, 1.165) is 34.8 Å². The van der Waals surface area contributed by atoms with Crippen molar-refractivity contribution in [2.75, 3.05) is 6.61 Å². The van der Waals surface area contributed by atoms with Crippen molar-refractivity contribution in [3.8, 4) is 17.2 Å². The number of phenols is 1. The number of halogens is 1. The molecule has 1 saturated carbocycles. The van der Waals surface area contributed by atoms with Gasteiger partial charge in [-0.3, -0.25) is 0 Å². The van der Waals surface area contributed by atoms with Gasteiger partial charge in [0.1, 0.15) is 11.4 Å². The molecule has 0 saturated heterocycles. The molecule has 0 spiro atoms. The van der Waals surface area contributed by atoms with E-state index in [2.05, 4.69) is 32.7 Å². The van der Waals surface area contributed by atoms with Crippen molar-refractivity contribution in [2.24, 2.45) is 0 Å². The highest BCUT2D eigenvalue weighted by molar-refractivity contribution is 14.1. The standard InChI is InChI=1S/C15H17IN2O3/c1-2-20-15(7-3-4-8-15)14-17-13(21-18-14)10-5-6-11(16)12(19)9-10/h5-6,9,19H,2-4,7-8H2,1H3. The second-order valence-corrected chi connectivity index (χ2v) is 6.39. The summed E-state index contributed by atoms with van der Waals surface area (Å²) in [7, 11) is 0. The van der Waals surface area contributed by atoms with Gasteiger partial charge in [0.05, 0.1) is 3.57 Å². The molecular weight excluding hydrogens is 383 g/mol. The van der Waals surface area contributed by atoms with E-state index >= 15 is 0 Å². The van der Waals surface area contributed by atoms with Gasteiger partial charge in [0, 0.05) is 12.2 Å². The Morgan fingerprint density at radius 1 is 1.38 bits per heavy atom. The highest BCUT2D eigenvalue weighted by Crippen LogP contribution is 2.41. The Morgan fingerprint density at radius 2 is 2.14 bits per heavy atom. The van der Waals surface area contributed by atoms with Gasteiger partial charge in [-0.05, 0) is 73.4 Å². The Balaban J connectivity index is 1.93. The van der Waals surface area contributed by atoms with E-state index in [0.29, 0.717) is 18.3 Å². The molecule has 1 aliphatic rings. The summed E-state index contributed by atoms with van der Waals surface area (Å²) in [6.07, 6.45) is 4.10. The van der Waals surface area contributed by atoms with Gasteiger partial charge in [0.25, 0.3) is 5.89 Å². The SMILES string of the molecule is CCOC1(c2noc(-c3ccc(I)c(O)c3)n2)CCCC1. The van der Waals surface area contributed by atoms with Crippen LogP contribution in [0.25, 0.3) is 11.5 Å². The summed E-state index contributed by atoms with van der Waals surface area (Å²) in [6.45, 7) is 2.62. The molecule has 1 heterocycles. The van der Waals surface area contributed by atoms with Gasteiger partial charge in [0.2, 0.25) is 5.82 Å². The molecule has 0 atom stereocenters. The molecule has 3 rings (SSSR count). The third kappa shape index (κ3) is 2.78. The smallest absolute Gasteiger partial charge is 0.258 e. The first-order valence-corrected chi connectivity index (χ1v) is 8.19. The lowest BCUT2D eigenvalue weighted by atomic mass is 10.0. The van der Waals surface area contributed by atoms with Gasteiger partial charge in [0.15, 0.2) is 0 Å². The molecule has 6 heteroatoms. The van der Waals surface area contributed by atoms with Crippen LogP contribution in [0.5, 0.6) is 5.75 Å². The van der Waals surface area contributed by atoms with Crippen molar-refractivity contribution in [1.82, 2.24) is 10.1 Å². The molecule has 1 aromatic carbocycles. The number of hydrogen-bond acceptors (Lipinski definition) is 5. The first-order valence-electron chi connectivity index (χ1n) is 7.12.